The minimum Gasteiger partial charge on any atom is -0.384 e. The summed E-state index contributed by atoms with van der Waals surface area (Å²) in [5.41, 5.74) is 1.42. The van der Waals surface area contributed by atoms with Crippen molar-refractivity contribution in [2.45, 2.75) is 6.10 Å². The van der Waals surface area contributed by atoms with E-state index < -0.39 is 6.10 Å². The first-order chi connectivity index (χ1) is 8.75. The summed E-state index contributed by atoms with van der Waals surface area (Å²) >= 11 is 1.59. The molecule has 0 amide bonds. The van der Waals surface area contributed by atoms with Crippen molar-refractivity contribution in [3.8, 4) is 0 Å². The van der Waals surface area contributed by atoms with Crippen molar-refractivity contribution in [2.24, 2.45) is 0 Å². The Kier molecular flexibility index (Phi) is 2.86. The second-order valence-electron chi connectivity index (χ2n) is 4.14. The summed E-state index contributed by atoms with van der Waals surface area (Å²) in [6.07, 6.45) is -0.781. The SMILES string of the molecule is OC(c1cccc(F)c1)c1csc2ccccc12. The van der Waals surface area contributed by atoms with Crippen molar-refractivity contribution in [3.05, 3.63) is 70.9 Å². The summed E-state index contributed by atoms with van der Waals surface area (Å²) in [6, 6.07) is 14.0. The Bertz CT molecular complexity index is 690. The van der Waals surface area contributed by atoms with Crippen LogP contribution in [0.15, 0.2) is 53.9 Å². The van der Waals surface area contributed by atoms with E-state index in [4.69, 9.17) is 0 Å². The Hall–Kier alpha value is -1.71. The van der Waals surface area contributed by atoms with Gasteiger partial charge in [0.1, 0.15) is 11.9 Å². The van der Waals surface area contributed by atoms with Gasteiger partial charge in [0.2, 0.25) is 0 Å². The third-order valence-corrected chi connectivity index (χ3v) is 3.95. The summed E-state index contributed by atoms with van der Waals surface area (Å²) in [5, 5.41) is 13.3. The van der Waals surface area contributed by atoms with Crippen LogP contribution in [0, 0.1) is 5.82 Å². The van der Waals surface area contributed by atoms with Crippen LogP contribution < -0.4 is 0 Å². The zero-order valence-corrected chi connectivity index (χ0v) is 10.3. The van der Waals surface area contributed by atoms with Gasteiger partial charge in [0, 0.05) is 10.3 Å². The molecule has 3 heteroatoms. The number of halogens is 1. The number of benzene rings is 2. The highest BCUT2D eigenvalue weighted by molar-refractivity contribution is 7.17. The average molecular weight is 258 g/mol. The topological polar surface area (TPSA) is 20.2 Å². The molecule has 0 bridgehead atoms. The van der Waals surface area contributed by atoms with Gasteiger partial charge >= 0.3 is 0 Å². The Morgan fingerprint density at radius 3 is 2.72 bits per heavy atom. The van der Waals surface area contributed by atoms with Crippen LogP contribution in [0.3, 0.4) is 0 Å². The molecule has 0 radical (unpaired) electrons. The number of aliphatic hydroxyl groups is 1. The highest BCUT2D eigenvalue weighted by atomic mass is 32.1. The molecule has 90 valence electrons. The maximum Gasteiger partial charge on any atom is 0.123 e. The van der Waals surface area contributed by atoms with Gasteiger partial charge in [0.15, 0.2) is 0 Å². The van der Waals surface area contributed by atoms with Gasteiger partial charge in [-0.15, -0.1) is 11.3 Å². The predicted octanol–water partition coefficient (Wildman–Crippen LogP) is 4.12. The van der Waals surface area contributed by atoms with Crippen LogP contribution >= 0.6 is 11.3 Å². The predicted molar refractivity (Wildman–Crippen MR) is 72.3 cm³/mol. The van der Waals surface area contributed by atoms with E-state index in [1.807, 2.05) is 29.6 Å². The number of thiophene rings is 1. The normalized spacial score (nSPS) is 12.8. The number of fused-ring (bicyclic) bond motifs is 1. The molecule has 18 heavy (non-hydrogen) atoms. The molecule has 1 N–H and O–H groups in total. The van der Waals surface area contributed by atoms with Gasteiger partial charge in [-0.2, -0.15) is 0 Å². The third kappa shape index (κ3) is 1.92. The largest absolute Gasteiger partial charge is 0.384 e. The van der Waals surface area contributed by atoms with E-state index in [9.17, 15) is 9.50 Å². The molecule has 0 spiro atoms. The van der Waals surface area contributed by atoms with E-state index in [2.05, 4.69) is 0 Å². The van der Waals surface area contributed by atoms with Gasteiger partial charge in [-0.3, -0.25) is 0 Å². The fraction of sp³-hybridized carbons (Fsp3) is 0.0667. The quantitative estimate of drug-likeness (QED) is 0.733. The van der Waals surface area contributed by atoms with Crippen LogP contribution in [0.2, 0.25) is 0 Å². The first-order valence-electron chi connectivity index (χ1n) is 5.65. The lowest BCUT2D eigenvalue weighted by molar-refractivity contribution is 0.222. The standard InChI is InChI=1S/C15H11FOS/c16-11-5-3-4-10(8-11)15(17)13-9-18-14-7-2-1-6-12(13)14/h1-9,15,17H. The Morgan fingerprint density at radius 2 is 1.89 bits per heavy atom. The number of aliphatic hydroxyl groups excluding tert-OH is 1. The molecule has 0 saturated carbocycles. The zero-order valence-electron chi connectivity index (χ0n) is 9.51. The van der Waals surface area contributed by atoms with Crippen molar-refractivity contribution in [3.63, 3.8) is 0 Å². The summed E-state index contributed by atoms with van der Waals surface area (Å²) in [6.45, 7) is 0. The number of hydrogen-bond acceptors (Lipinski definition) is 2. The first kappa shape index (κ1) is 11.4. The van der Waals surface area contributed by atoms with Crippen LogP contribution in [0.1, 0.15) is 17.2 Å². The molecule has 0 saturated heterocycles. The van der Waals surface area contributed by atoms with E-state index in [1.165, 1.54) is 12.1 Å². The summed E-state index contributed by atoms with van der Waals surface area (Å²) in [4.78, 5) is 0. The molecular weight excluding hydrogens is 247 g/mol. The van der Waals surface area contributed by atoms with Gasteiger partial charge in [-0.1, -0.05) is 30.3 Å². The van der Waals surface area contributed by atoms with E-state index in [0.717, 1.165) is 15.6 Å². The van der Waals surface area contributed by atoms with E-state index in [-0.39, 0.29) is 5.82 Å². The van der Waals surface area contributed by atoms with Crippen molar-refractivity contribution in [2.75, 3.05) is 0 Å². The van der Waals surface area contributed by atoms with Crippen molar-refractivity contribution >= 4 is 21.4 Å². The van der Waals surface area contributed by atoms with Crippen LogP contribution in [0.5, 0.6) is 0 Å². The molecular formula is C15H11FOS. The van der Waals surface area contributed by atoms with E-state index in [1.54, 1.807) is 23.5 Å². The number of rotatable bonds is 2. The highest BCUT2D eigenvalue weighted by Gasteiger charge is 2.15. The maximum absolute atomic E-state index is 13.2. The van der Waals surface area contributed by atoms with E-state index in [0.29, 0.717) is 5.56 Å². The minimum atomic E-state index is -0.781. The lowest BCUT2D eigenvalue weighted by atomic mass is 10.0. The Balaban J connectivity index is 2.09. The van der Waals surface area contributed by atoms with Gasteiger partial charge in [-0.05, 0) is 34.5 Å². The lowest BCUT2D eigenvalue weighted by Gasteiger charge is -2.10. The average Bonchev–Trinajstić information content (AvgIpc) is 2.82. The van der Waals surface area contributed by atoms with Crippen LogP contribution in [-0.2, 0) is 0 Å². The third-order valence-electron chi connectivity index (χ3n) is 2.97. The fourth-order valence-corrected chi connectivity index (χ4v) is 3.05. The second kappa shape index (κ2) is 4.52. The van der Waals surface area contributed by atoms with Crippen molar-refractivity contribution in [1.82, 2.24) is 0 Å². The summed E-state index contributed by atoms with van der Waals surface area (Å²) in [5.74, 6) is -0.328. The smallest absolute Gasteiger partial charge is 0.123 e. The summed E-state index contributed by atoms with van der Waals surface area (Å²) < 4.78 is 14.3. The molecule has 1 heterocycles. The Morgan fingerprint density at radius 1 is 1.06 bits per heavy atom. The number of hydrogen-bond donors (Lipinski definition) is 1. The molecule has 1 nitrogen and oxygen atoms in total. The molecule has 1 unspecified atom stereocenters. The molecule has 0 aliphatic rings. The Labute approximate surface area is 108 Å². The van der Waals surface area contributed by atoms with Crippen molar-refractivity contribution in [1.29, 1.82) is 0 Å². The molecule has 1 atom stereocenters. The second-order valence-corrected chi connectivity index (χ2v) is 5.06. The van der Waals surface area contributed by atoms with Crippen LogP contribution in [-0.4, -0.2) is 5.11 Å². The van der Waals surface area contributed by atoms with Gasteiger partial charge in [0.05, 0.1) is 0 Å². The maximum atomic E-state index is 13.2. The van der Waals surface area contributed by atoms with Gasteiger partial charge in [0.25, 0.3) is 0 Å². The lowest BCUT2D eigenvalue weighted by Crippen LogP contribution is -1.98. The zero-order chi connectivity index (χ0) is 12.5. The highest BCUT2D eigenvalue weighted by Crippen LogP contribution is 2.33. The molecule has 3 aromatic rings. The molecule has 3 rings (SSSR count). The summed E-state index contributed by atoms with van der Waals surface area (Å²) in [7, 11) is 0. The molecule has 0 aliphatic heterocycles. The van der Waals surface area contributed by atoms with Gasteiger partial charge < -0.3 is 5.11 Å². The first-order valence-corrected chi connectivity index (χ1v) is 6.53. The van der Waals surface area contributed by atoms with E-state index >= 15 is 0 Å². The molecule has 0 aliphatic carbocycles. The van der Waals surface area contributed by atoms with Gasteiger partial charge in [-0.25, -0.2) is 4.39 Å². The molecule has 2 aromatic carbocycles. The van der Waals surface area contributed by atoms with Crippen molar-refractivity contribution < 1.29 is 9.50 Å². The van der Waals surface area contributed by atoms with Crippen LogP contribution in [0.4, 0.5) is 4.39 Å². The molecule has 0 fully saturated rings. The van der Waals surface area contributed by atoms with Crippen LogP contribution in [0.25, 0.3) is 10.1 Å². The molecule has 1 aromatic heterocycles. The monoisotopic (exact) mass is 258 g/mol. The minimum absolute atomic E-state index is 0.328. The fourth-order valence-electron chi connectivity index (χ4n) is 2.07.